The molecule has 2 aromatic rings. The van der Waals surface area contributed by atoms with Crippen LogP contribution in [0, 0.1) is 0 Å². The van der Waals surface area contributed by atoms with Crippen LogP contribution in [0.25, 0.3) is 0 Å². The van der Waals surface area contributed by atoms with Crippen LogP contribution in [0.2, 0.25) is 0 Å². The van der Waals surface area contributed by atoms with E-state index in [1.807, 2.05) is 50.2 Å². The SMILES string of the molecule is CC(C)Oc1ncccc1CNC(=O)CCC(=O)N1CCC(c2ccccc2)=N1. The molecule has 2 amide bonds. The first-order valence-corrected chi connectivity index (χ1v) is 9.83. The highest BCUT2D eigenvalue weighted by atomic mass is 16.5. The number of nitrogens with one attached hydrogen (secondary N) is 1. The zero-order chi connectivity index (χ0) is 20.6. The Hall–Kier alpha value is -3.22. The van der Waals surface area contributed by atoms with Crippen LogP contribution in [0.3, 0.4) is 0 Å². The summed E-state index contributed by atoms with van der Waals surface area (Å²) in [7, 11) is 0. The molecule has 0 fully saturated rings. The fourth-order valence-electron chi connectivity index (χ4n) is 2.99. The van der Waals surface area contributed by atoms with Crippen LogP contribution < -0.4 is 10.1 Å². The molecule has 0 bridgehead atoms. The summed E-state index contributed by atoms with van der Waals surface area (Å²) in [6, 6.07) is 13.5. The summed E-state index contributed by atoms with van der Waals surface area (Å²) in [5.41, 5.74) is 2.73. The number of amides is 2. The van der Waals surface area contributed by atoms with E-state index in [0.717, 1.165) is 23.3 Å². The van der Waals surface area contributed by atoms with Gasteiger partial charge in [0, 0.05) is 37.6 Å². The third kappa shape index (κ3) is 5.88. The van der Waals surface area contributed by atoms with Crippen molar-refractivity contribution in [3.05, 3.63) is 59.8 Å². The second-order valence-electron chi connectivity index (χ2n) is 7.09. The van der Waals surface area contributed by atoms with Gasteiger partial charge in [-0.3, -0.25) is 9.59 Å². The molecule has 2 heterocycles. The smallest absolute Gasteiger partial charge is 0.243 e. The second kappa shape index (κ2) is 9.82. The second-order valence-corrected chi connectivity index (χ2v) is 7.09. The highest BCUT2D eigenvalue weighted by Gasteiger charge is 2.22. The molecule has 29 heavy (non-hydrogen) atoms. The third-order valence-corrected chi connectivity index (χ3v) is 4.44. The molecule has 3 rings (SSSR count). The first-order valence-electron chi connectivity index (χ1n) is 9.83. The Morgan fingerprint density at radius 1 is 1.14 bits per heavy atom. The molecule has 0 radical (unpaired) electrons. The summed E-state index contributed by atoms with van der Waals surface area (Å²) in [5.74, 6) is 0.180. The molecule has 152 valence electrons. The molecular formula is C22H26N4O3. The fourth-order valence-corrected chi connectivity index (χ4v) is 2.99. The van der Waals surface area contributed by atoms with Crippen molar-refractivity contribution < 1.29 is 14.3 Å². The molecular weight excluding hydrogens is 368 g/mol. The number of ether oxygens (including phenoxy) is 1. The number of aromatic nitrogens is 1. The number of nitrogens with zero attached hydrogens (tertiary/aromatic N) is 3. The van der Waals surface area contributed by atoms with E-state index in [9.17, 15) is 9.59 Å². The molecule has 0 saturated heterocycles. The normalized spacial score (nSPS) is 13.3. The Morgan fingerprint density at radius 2 is 1.93 bits per heavy atom. The molecule has 0 aliphatic carbocycles. The molecule has 1 aromatic heterocycles. The molecule has 1 aliphatic rings. The van der Waals surface area contributed by atoms with Gasteiger partial charge >= 0.3 is 0 Å². The maximum absolute atomic E-state index is 12.4. The summed E-state index contributed by atoms with van der Waals surface area (Å²) in [6.45, 7) is 4.71. The van der Waals surface area contributed by atoms with Crippen molar-refractivity contribution in [1.82, 2.24) is 15.3 Å². The number of benzene rings is 1. The van der Waals surface area contributed by atoms with Gasteiger partial charge in [-0.15, -0.1) is 0 Å². The predicted molar refractivity (Wildman–Crippen MR) is 110 cm³/mol. The number of carbonyl (C=O) groups excluding carboxylic acids is 2. The van der Waals surface area contributed by atoms with Gasteiger partial charge in [0.1, 0.15) is 0 Å². The van der Waals surface area contributed by atoms with Crippen LogP contribution in [-0.2, 0) is 16.1 Å². The number of pyridine rings is 1. The topological polar surface area (TPSA) is 83.9 Å². The van der Waals surface area contributed by atoms with Crippen LogP contribution in [0.1, 0.15) is 44.2 Å². The zero-order valence-electron chi connectivity index (χ0n) is 16.8. The van der Waals surface area contributed by atoms with Crippen LogP contribution in [-0.4, -0.2) is 40.2 Å². The van der Waals surface area contributed by atoms with Crippen molar-refractivity contribution in [1.29, 1.82) is 0 Å². The largest absolute Gasteiger partial charge is 0.475 e. The van der Waals surface area contributed by atoms with Gasteiger partial charge in [-0.05, 0) is 25.5 Å². The van der Waals surface area contributed by atoms with E-state index in [-0.39, 0.29) is 30.8 Å². The summed E-state index contributed by atoms with van der Waals surface area (Å²) in [5, 5.41) is 8.70. The lowest BCUT2D eigenvalue weighted by molar-refractivity contribution is -0.133. The Bertz CT molecular complexity index is 881. The van der Waals surface area contributed by atoms with Gasteiger partial charge in [0.15, 0.2) is 0 Å². The van der Waals surface area contributed by atoms with E-state index < -0.39 is 0 Å². The van der Waals surface area contributed by atoms with E-state index in [1.165, 1.54) is 5.01 Å². The molecule has 7 nitrogen and oxygen atoms in total. The van der Waals surface area contributed by atoms with Gasteiger partial charge in [0.2, 0.25) is 17.7 Å². The monoisotopic (exact) mass is 394 g/mol. The number of carbonyl (C=O) groups is 2. The molecule has 1 aromatic carbocycles. The van der Waals surface area contributed by atoms with E-state index in [1.54, 1.807) is 12.3 Å². The molecule has 0 spiro atoms. The third-order valence-electron chi connectivity index (χ3n) is 4.44. The van der Waals surface area contributed by atoms with Crippen LogP contribution in [0.4, 0.5) is 0 Å². The minimum atomic E-state index is -0.191. The number of rotatable bonds is 8. The standard InChI is InChI=1S/C22H26N4O3/c1-16(2)29-22-18(9-6-13-23-22)15-24-20(27)10-11-21(28)26-14-12-19(25-26)17-7-4-3-5-8-17/h3-9,13,16H,10-12,14-15H2,1-2H3,(H,24,27). The van der Waals surface area contributed by atoms with E-state index in [2.05, 4.69) is 15.4 Å². The molecule has 7 heteroatoms. The Labute approximate surface area is 170 Å². The Balaban J connectivity index is 1.47. The first-order chi connectivity index (χ1) is 14.0. The Morgan fingerprint density at radius 3 is 2.69 bits per heavy atom. The van der Waals surface area contributed by atoms with Crippen LogP contribution in [0.15, 0.2) is 53.8 Å². The summed E-state index contributed by atoms with van der Waals surface area (Å²) in [6.07, 6.45) is 2.62. The van der Waals surface area contributed by atoms with Crippen LogP contribution in [0.5, 0.6) is 5.88 Å². The lowest BCUT2D eigenvalue weighted by atomic mass is 10.1. The lowest BCUT2D eigenvalue weighted by Gasteiger charge is -2.14. The summed E-state index contributed by atoms with van der Waals surface area (Å²) in [4.78, 5) is 28.8. The number of hydrogen-bond donors (Lipinski definition) is 1. The zero-order valence-corrected chi connectivity index (χ0v) is 16.8. The van der Waals surface area contributed by atoms with Gasteiger partial charge in [0.25, 0.3) is 0 Å². The van der Waals surface area contributed by atoms with Gasteiger partial charge < -0.3 is 10.1 Å². The van der Waals surface area contributed by atoms with Crippen molar-refractivity contribution in [3.63, 3.8) is 0 Å². The fraction of sp³-hybridized carbons (Fsp3) is 0.364. The van der Waals surface area contributed by atoms with Crippen molar-refractivity contribution in [2.75, 3.05) is 6.54 Å². The average molecular weight is 394 g/mol. The highest BCUT2D eigenvalue weighted by Crippen LogP contribution is 2.16. The number of hydrogen-bond acceptors (Lipinski definition) is 5. The first kappa shape index (κ1) is 20.5. The molecule has 1 aliphatic heterocycles. The van der Waals surface area contributed by atoms with Crippen molar-refractivity contribution in [2.24, 2.45) is 5.10 Å². The van der Waals surface area contributed by atoms with Gasteiger partial charge in [-0.1, -0.05) is 36.4 Å². The molecule has 0 saturated carbocycles. The minimum absolute atomic E-state index is 0.00114. The average Bonchev–Trinajstić information content (AvgIpc) is 3.22. The maximum Gasteiger partial charge on any atom is 0.243 e. The lowest BCUT2D eigenvalue weighted by Crippen LogP contribution is -2.27. The van der Waals surface area contributed by atoms with Crippen molar-refractivity contribution >= 4 is 17.5 Å². The molecule has 1 N–H and O–H groups in total. The maximum atomic E-state index is 12.4. The highest BCUT2D eigenvalue weighted by molar-refractivity contribution is 6.02. The Kier molecular flexibility index (Phi) is 6.94. The molecule has 0 unspecified atom stereocenters. The van der Waals surface area contributed by atoms with Crippen LogP contribution >= 0.6 is 0 Å². The minimum Gasteiger partial charge on any atom is -0.475 e. The van der Waals surface area contributed by atoms with E-state index in [4.69, 9.17) is 4.74 Å². The van der Waals surface area contributed by atoms with Crippen molar-refractivity contribution in [3.8, 4) is 5.88 Å². The number of hydrazone groups is 1. The van der Waals surface area contributed by atoms with E-state index in [0.29, 0.717) is 19.0 Å². The van der Waals surface area contributed by atoms with Gasteiger partial charge in [0.05, 0.1) is 18.4 Å². The van der Waals surface area contributed by atoms with Crippen molar-refractivity contribution in [2.45, 2.75) is 45.8 Å². The van der Waals surface area contributed by atoms with E-state index >= 15 is 0 Å². The van der Waals surface area contributed by atoms with Gasteiger partial charge in [-0.25, -0.2) is 9.99 Å². The van der Waals surface area contributed by atoms with Gasteiger partial charge in [-0.2, -0.15) is 5.10 Å². The molecule has 0 atom stereocenters. The summed E-state index contributed by atoms with van der Waals surface area (Å²) < 4.78 is 5.65. The quantitative estimate of drug-likeness (QED) is 0.746. The summed E-state index contributed by atoms with van der Waals surface area (Å²) >= 11 is 0. The predicted octanol–water partition coefficient (Wildman–Crippen LogP) is 2.90.